The van der Waals surface area contributed by atoms with E-state index in [0.29, 0.717) is 17.0 Å². The third-order valence-corrected chi connectivity index (χ3v) is 8.13. The molecule has 1 aliphatic carbocycles. The molecule has 2 aliphatic heterocycles. The van der Waals surface area contributed by atoms with Gasteiger partial charge in [-0.05, 0) is 57.0 Å². The van der Waals surface area contributed by atoms with Crippen molar-refractivity contribution in [2.24, 2.45) is 11.3 Å². The van der Waals surface area contributed by atoms with Gasteiger partial charge in [0.25, 0.3) is 5.91 Å². The minimum Gasteiger partial charge on any atom is -0.494 e. The van der Waals surface area contributed by atoms with E-state index in [1.165, 1.54) is 13.2 Å². The van der Waals surface area contributed by atoms with Crippen molar-refractivity contribution < 1.29 is 27.5 Å². The van der Waals surface area contributed by atoms with Crippen LogP contribution in [0.5, 0.6) is 5.75 Å². The second kappa shape index (κ2) is 9.51. The highest BCUT2D eigenvalue weighted by molar-refractivity contribution is 6.05. The van der Waals surface area contributed by atoms with Crippen LogP contribution < -0.4 is 15.4 Å². The van der Waals surface area contributed by atoms with E-state index >= 15 is 0 Å². The maximum atomic E-state index is 13.0. The molecule has 1 aromatic carbocycles. The molecule has 39 heavy (non-hydrogen) atoms. The third-order valence-electron chi connectivity index (χ3n) is 8.13. The number of nitrogens with one attached hydrogen (secondary N) is 2. The third kappa shape index (κ3) is 4.81. The molecule has 2 N–H and O–H groups in total. The van der Waals surface area contributed by atoms with Gasteiger partial charge in [0.05, 0.1) is 24.4 Å². The molecule has 1 saturated carbocycles. The number of pyridine rings is 1. The summed E-state index contributed by atoms with van der Waals surface area (Å²) in [4.78, 5) is 30.9. The van der Waals surface area contributed by atoms with Crippen molar-refractivity contribution in [3.63, 3.8) is 0 Å². The Hall–Kier alpha value is -3.67. The summed E-state index contributed by atoms with van der Waals surface area (Å²) in [6.45, 7) is 3.42. The van der Waals surface area contributed by atoms with Gasteiger partial charge in [0.2, 0.25) is 5.91 Å². The lowest BCUT2D eigenvalue weighted by atomic mass is 9.60. The van der Waals surface area contributed by atoms with Crippen molar-refractivity contribution in [3.8, 4) is 5.75 Å². The van der Waals surface area contributed by atoms with Crippen LogP contribution in [0.1, 0.15) is 47.9 Å². The van der Waals surface area contributed by atoms with Gasteiger partial charge in [-0.1, -0.05) is 6.07 Å². The van der Waals surface area contributed by atoms with E-state index < -0.39 is 17.8 Å². The van der Waals surface area contributed by atoms with Gasteiger partial charge in [-0.15, -0.1) is 0 Å². The van der Waals surface area contributed by atoms with Crippen molar-refractivity contribution in [2.75, 3.05) is 38.6 Å². The number of carbonyl (C=O) groups is 2. The number of anilines is 1. The number of ether oxygens (including phenoxy) is 1. The lowest BCUT2D eigenvalue weighted by molar-refractivity contribution is -0.159. The number of amides is 2. The van der Waals surface area contributed by atoms with E-state index in [-0.39, 0.29) is 29.0 Å². The van der Waals surface area contributed by atoms with Gasteiger partial charge < -0.3 is 20.3 Å². The highest BCUT2D eigenvalue weighted by Gasteiger charge is 2.55. The van der Waals surface area contributed by atoms with Crippen LogP contribution in [0.2, 0.25) is 0 Å². The van der Waals surface area contributed by atoms with Crippen LogP contribution in [-0.2, 0) is 11.0 Å². The van der Waals surface area contributed by atoms with Crippen molar-refractivity contribution in [2.45, 2.75) is 37.9 Å². The zero-order valence-electron chi connectivity index (χ0n) is 21.4. The average molecular weight is 543 g/mol. The molecule has 0 unspecified atom stereocenters. The van der Waals surface area contributed by atoms with Gasteiger partial charge in [0, 0.05) is 42.1 Å². The van der Waals surface area contributed by atoms with Crippen LogP contribution in [-0.4, -0.2) is 64.8 Å². The quantitative estimate of drug-likeness (QED) is 0.508. The van der Waals surface area contributed by atoms with Crippen molar-refractivity contribution >= 4 is 28.4 Å². The molecule has 2 amide bonds. The fourth-order valence-corrected chi connectivity index (χ4v) is 6.06. The molecule has 206 valence electrons. The Morgan fingerprint density at radius 2 is 1.90 bits per heavy atom. The van der Waals surface area contributed by atoms with Gasteiger partial charge in [-0.3, -0.25) is 14.3 Å². The SMILES string of the molecule is COc1cc2nn(C3CC4(C3)CN(C(=O)C3CCNCC3)C4)cc2cc1NC(=O)c1cccc(C(F)(F)F)n1. The Bertz CT molecular complexity index is 1420. The molecule has 3 aromatic rings. The smallest absolute Gasteiger partial charge is 0.433 e. The van der Waals surface area contributed by atoms with E-state index in [1.54, 1.807) is 12.1 Å². The molecular weight excluding hydrogens is 513 g/mol. The Morgan fingerprint density at radius 3 is 2.59 bits per heavy atom. The molecule has 2 aromatic heterocycles. The average Bonchev–Trinajstić information content (AvgIpc) is 3.28. The van der Waals surface area contributed by atoms with E-state index in [1.807, 2.05) is 15.8 Å². The maximum absolute atomic E-state index is 13.0. The van der Waals surface area contributed by atoms with Crippen LogP contribution in [0.3, 0.4) is 0 Å². The number of nitrogens with zero attached hydrogens (tertiary/aromatic N) is 4. The number of hydrogen-bond donors (Lipinski definition) is 2. The Kier molecular flexibility index (Phi) is 6.24. The van der Waals surface area contributed by atoms with Crippen LogP contribution >= 0.6 is 0 Å². The number of likely N-dealkylation sites (tertiary alicyclic amines) is 1. The van der Waals surface area contributed by atoms with E-state index in [4.69, 9.17) is 9.84 Å². The highest BCUT2D eigenvalue weighted by Crippen LogP contribution is 2.54. The summed E-state index contributed by atoms with van der Waals surface area (Å²) in [6.07, 6.45) is 0.960. The first kappa shape index (κ1) is 25.6. The van der Waals surface area contributed by atoms with Crippen LogP contribution in [0.15, 0.2) is 36.5 Å². The molecule has 0 bridgehead atoms. The van der Waals surface area contributed by atoms with Gasteiger partial charge in [-0.2, -0.15) is 18.3 Å². The number of rotatable bonds is 5. The van der Waals surface area contributed by atoms with Crippen LogP contribution in [0.25, 0.3) is 10.9 Å². The predicted octanol–water partition coefficient (Wildman–Crippen LogP) is 3.87. The van der Waals surface area contributed by atoms with Crippen molar-refractivity contribution in [1.29, 1.82) is 0 Å². The molecule has 6 rings (SSSR count). The van der Waals surface area contributed by atoms with Crippen molar-refractivity contribution in [3.05, 3.63) is 47.9 Å². The van der Waals surface area contributed by atoms with E-state index in [0.717, 1.165) is 69.4 Å². The monoisotopic (exact) mass is 542 g/mol. The Morgan fingerprint density at radius 1 is 1.15 bits per heavy atom. The molecule has 3 aliphatic rings. The van der Waals surface area contributed by atoms with Crippen molar-refractivity contribution in [1.82, 2.24) is 25.0 Å². The number of carbonyl (C=O) groups excluding carboxylic acids is 2. The topological polar surface area (TPSA) is 101 Å². The lowest BCUT2D eigenvalue weighted by Crippen LogP contribution is -2.65. The van der Waals surface area contributed by atoms with Crippen LogP contribution in [0, 0.1) is 11.3 Å². The first-order valence-electron chi connectivity index (χ1n) is 13.1. The molecule has 0 atom stereocenters. The largest absolute Gasteiger partial charge is 0.494 e. The number of piperidine rings is 1. The minimum atomic E-state index is -4.65. The molecule has 1 spiro atoms. The second-order valence-electron chi connectivity index (χ2n) is 10.9. The first-order chi connectivity index (χ1) is 18.6. The van der Waals surface area contributed by atoms with Gasteiger partial charge >= 0.3 is 6.18 Å². The number of methoxy groups -OCH3 is 1. The number of alkyl halides is 3. The summed E-state index contributed by atoms with van der Waals surface area (Å²) in [5.74, 6) is -0.00723. The predicted molar refractivity (Wildman–Crippen MR) is 136 cm³/mol. The highest BCUT2D eigenvalue weighted by atomic mass is 19.4. The molecule has 0 radical (unpaired) electrons. The summed E-state index contributed by atoms with van der Waals surface area (Å²) in [6, 6.07) is 6.79. The summed E-state index contributed by atoms with van der Waals surface area (Å²) in [5, 5.41) is 11.4. The summed E-state index contributed by atoms with van der Waals surface area (Å²) < 4.78 is 46.4. The molecule has 3 fully saturated rings. The molecular formula is C27H29F3N6O3. The van der Waals surface area contributed by atoms with Crippen LogP contribution in [0.4, 0.5) is 18.9 Å². The van der Waals surface area contributed by atoms with Gasteiger partial charge in [0.15, 0.2) is 0 Å². The van der Waals surface area contributed by atoms with E-state index in [9.17, 15) is 22.8 Å². The summed E-state index contributed by atoms with van der Waals surface area (Å²) in [5.41, 5.74) is -0.331. The second-order valence-corrected chi connectivity index (χ2v) is 10.9. The molecule has 9 nitrogen and oxygen atoms in total. The number of aromatic nitrogens is 3. The maximum Gasteiger partial charge on any atom is 0.433 e. The first-order valence-corrected chi connectivity index (χ1v) is 13.1. The summed E-state index contributed by atoms with van der Waals surface area (Å²) >= 11 is 0. The number of fused-ring (bicyclic) bond motifs is 1. The normalized spacial score (nSPS) is 19.5. The standard InChI is InChI=1S/C27H29F3N6O3/c1-39-22-10-20-17(9-21(22)33-24(37)19-3-2-4-23(32-19)27(28,29)30)13-36(34-20)18-11-26(12-18)14-35(15-26)25(38)16-5-7-31-8-6-16/h2-4,9-10,13,16,18,31H,5-8,11-12,14-15H2,1H3,(H,33,37). The fraction of sp³-hybridized carbons (Fsp3) is 0.481. The minimum absolute atomic E-state index is 0.143. The number of hydrogen-bond acceptors (Lipinski definition) is 6. The van der Waals surface area contributed by atoms with Gasteiger partial charge in [-0.25, -0.2) is 4.98 Å². The number of halogens is 3. The zero-order valence-corrected chi connectivity index (χ0v) is 21.4. The Labute approximate surface area is 222 Å². The molecule has 2 saturated heterocycles. The Balaban J connectivity index is 1.12. The van der Waals surface area contributed by atoms with Gasteiger partial charge in [0.1, 0.15) is 17.1 Å². The molecule has 12 heteroatoms. The number of benzene rings is 1. The zero-order chi connectivity index (χ0) is 27.4. The van der Waals surface area contributed by atoms with E-state index in [2.05, 4.69) is 15.6 Å². The lowest BCUT2D eigenvalue weighted by Gasteiger charge is -2.59. The fourth-order valence-electron chi connectivity index (χ4n) is 6.06. The summed E-state index contributed by atoms with van der Waals surface area (Å²) in [7, 11) is 1.44. The molecule has 4 heterocycles.